The van der Waals surface area contributed by atoms with E-state index in [9.17, 15) is 24.1 Å². The first-order valence-corrected chi connectivity index (χ1v) is 8.87. The number of halogens is 2. The summed E-state index contributed by atoms with van der Waals surface area (Å²) in [7, 11) is 0. The average molecular weight is 390 g/mol. The van der Waals surface area contributed by atoms with Crippen molar-refractivity contribution in [1.29, 1.82) is 0 Å². The summed E-state index contributed by atoms with van der Waals surface area (Å²) in [6, 6.07) is 4.30. The summed E-state index contributed by atoms with van der Waals surface area (Å²) in [6.45, 7) is 1.79. The second kappa shape index (κ2) is 6.77. The number of aromatic nitrogens is 3. The normalized spacial score (nSPS) is 26.1. The third-order valence-electron chi connectivity index (χ3n) is 5.52. The SMILES string of the molecule is Cc1nc(N)nc2c1ccn2C1CC([C@@H](O)c2ccc(F)c(F)c2)[C@@H](O)[C@H]1O. The highest BCUT2D eigenvalue weighted by Crippen LogP contribution is 2.43. The van der Waals surface area contributed by atoms with E-state index in [0.717, 1.165) is 17.5 Å². The molecule has 148 valence electrons. The highest BCUT2D eigenvalue weighted by molar-refractivity contribution is 5.79. The zero-order valence-electron chi connectivity index (χ0n) is 15.0. The molecule has 1 aromatic carbocycles. The Bertz CT molecular complexity index is 1040. The summed E-state index contributed by atoms with van der Waals surface area (Å²) in [5.74, 6) is -2.79. The highest BCUT2D eigenvalue weighted by Gasteiger charge is 2.46. The van der Waals surface area contributed by atoms with Crippen LogP contribution in [-0.2, 0) is 0 Å². The van der Waals surface area contributed by atoms with Crippen LogP contribution in [0.2, 0.25) is 0 Å². The largest absolute Gasteiger partial charge is 0.390 e. The van der Waals surface area contributed by atoms with Crippen molar-refractivity contribution >= 4 is 17.0 Å². The molecule has 0 spiro atoms. The van der Waals surface area contributed by atoms with Gasteiger partial charge in [-0.3, -0.25) is 0 Å². The van der Waals surface area contributed by atoms with Gasteiger partial charge in [-0.15, -0.1) is 0 Å². The summed E-state index contributed by atoms with van der Waals surface area (Å²) < 4.78 is 28.4. The number of aliphatic hydroxyl groups is 3. The minimum absolute atomic E-state index is 0.0938. The van der Waals surface area contributed by atoms with Gasteiger partial charge in [-0.05, 0) is 37.1 Å². The molecule has 3 aromatic rings. The smallest absolute Gasteiger partial charge is 0.222 e. The number of nitrogen functional groups attached to an aromatic ring is 1. The molecule has 0 saturated heterocycles. The van der Waals surface area contributed by atoms with Gasteiger partial charge < -0.3 is 25.6 Å². The molecule has 0 bridgehead atoms. The standard InChI is InChI=1S/C19H20F2N4O3/c1-8-10-4-5-25(18(10)24-19(22)23-8)14-7-11(16(27)17(14)28)15(26)9-2-3-12(20)13(21)6-9/h2-6,11,14-17,26-28H,7H2,1H3,(H2,22,23,24)/t11?,14?,15-,16+,17-/m0/s1. The van der Waals surface area contributed by atoms with Gasteiger partial charge in [-0.25, -0.2) is 13.8 Å². The zero-order valence-corrected chi connectivity index (χ0v) is 15.0. The molecule has 0 aliphatic heterocycles. The molecular weight excluding hydrogens is 370 g/mol. The number of aliphatic hydroxyl groups excluding tert-OH is 3. The Morgan fingerprint density at radius 2 is 1.89 bits per heavy atom. The summed E-state index contributed by atoms with van der Waals surface area (Å²) in [5.41, 5.74) is 7.08. The Kier molecular flexibility index (Phi) is 4.53. The minimum atomic E-state index is -1.27. The Balaban J connectivity index is 1.67. The molecule has 2 heterocycles. The van der Waals surface area contributed by atoms with Crippen molar-refractivity contribution < 1.29 is 24.1 Å². The Hall–Kier alpha value is -2.62. The van der Waals surface area contributed by atoms with E-state index in [4.69, 9.17) is 5.73 Å². The molecule has 28 heavy (non-hydrogen) atoms. The van der Waals surface area contributed by atoms with Crippen molar-refractivity contribution in [2.75, 3.05) is 5.73 Å². The molecule has 5 N–H and O–H groups in total. The van der Waals surface area contributed by atoms with E-state index >= 15 is 0 Å². The summed E-state index contributed by atoms with van der Waals surface area (Å²) >= 11 is 0. The van der Waals surface area contributed by atoms with E-state index in [-0.39, 0.29) is 17.9 Å². The van der Waals surface area contributed by atoms with E-state index < -0.39 is 41.9 Å². The number of benzene rings is 1. The Morgan fingerprint density at radius 1 is 1.14 bits per heavy atom. The molecular formula is C19H20F2N4O3. The zero-order chi connectivity index (χ0) is 20.2. The van der Waals surface area contributed by atoms with Crippen LogP contribution in [-0.4, -0.2) is 42.1 Å². The van der Waals surface area contributed by atoms with Crippen molar-refractivity contribution in [3.05, 3.63) is 53.4 Å². The second-order valence-electron chi connectivity index (χ2n) is 7.19. The molecule has 1 aliphatic rings. The molecule has 9 heteroatoms. The highest BCUT2D eigenvalue weighted by atomic mass is 19.2. The van der Waals surface area contributed by atoms with Crippen LogP contribution in [0.3, 0.4) is 0 Å². The number of nitrogens with zero attached hydrogens (tertiary/aromatic N) is 3. The minimum Gasteiger partial charge on any atom is -0.390 e. The lowest BCUT2D eigenvalue weighted by Gasteiger charge is -2.22. The Labute approximate surface area is 159 Å². The first-order chi connectivity index (χ1) is 13.3. The number of fused-ring (bicyclic) bond motifs is 1. The maximum atomic E-state index is 13.5. The number of hydrogen-bond acceptors (Lipinski definition) is 6. The lowest BCUT2D eigenvalue weighted by atomic mass is 9.92. The van der Waals surface area contributed by atoms with Crippen molar-refractivity contribution in [1.82, 2.24) is 14.5 Å². The number of hydrogen-bond donors (Lipinski definition) is 4. The topological polar surface area (TPSA) is 117 Å². The van der Waals surface area contributed by atoms with Crippen LogP contribution in [0.25, 0.3) is 11.0 Å². The molecule has 7 nitrogen and oxygen atoms in total. The van der Waals surface area contributed by atoms with Gasteiger partial charge in [-0.2, -0.15) is 4.98 Å². The van der Waals surface area contributed by atoms with Crippen LogP contribution in [0, 0.1) is 24.5 Å². The van der Waals surface area contributed by atoms with Gasteiger partial charge in [0.15, 0.2) is 11.6 Å². The van der Waals surface area contributed by atoms with Crippen molar-refractivity contribution in [3.8, 4) is 0 Å². The lowest BCUT2D eigenvalue weighted by Crippen LogP contribution is -2.31. The van der Waals surface area contributed by atoms with E-state index in [0.29, 0.717) is 11.3 Å². The van der Waals surface area contributed by atoms with E-state index in [1.54, 1.807) is 23.8 Å². The molecule has 1 fully saturated rings. The number of nitrogens with two attached hydrogens (primary N) is 1. The van der Waals surface area contributed by atoms with E-state index in [1.807, 2.05) is 0 Å². The molecule has 2 aromatic heterocycles. The van der Waals surface area contributed by atoms with Gasteiger partial charge in [0.1, 0.15) is 11.8 Å². The predicted molar refractivity (Wildman–Crippen MR) is 97.2 cm³/mol. The van der Waals surface area contributed by atoms with E-state index in [2.05, 4.69) is 9.97 Å². The van der Waals surface area contributed by atoms with Crippen LogP contribution in [0.4, 0.5) is 14.7 Å². The lowest BCUT2D eigenvalue weighted by molar-refractivity contribution is -0.0265. The molecule has 1 aliphatic carbocycles. The number of aryl methyl sites for hydroxylation is 1. The molecule has 1 saturated carbocycles. The summed E-state index contributed by atoms with van der Waals surface area (Å²) in [5, 5.41) is 32.5. The monoisotopic (exact) mass is 390 g/mol. The number of anilines is 1. The fraction of sp³-hybridized carbons (Fsp3) is 0.368. The molecule has 0 amide bonds. The fourth-order valence-electron chi connectivity index (χ4n) is 4.05. The van der Waals surface area contributed by atoms with Gasteiger partial charge in [0.05, 0.1) is 23.9 Å². The summed E-state index contributed by atoms with van der Waals surface area (Å²) in [6.07, 6.45) is -1.79. The average Bonchev–Trinajstić information content (AvgIpc) is 3.19. The van der Waals surface area contributed by atoms with Gasteiger partial charge >= 0.3 is 0 Å². The van der Waals surface area contributed by atoms with Gasteiger partial charge in [0.25, 0.3) is 0 Å². The fourth-order valence-corrected chi connectivity index (χ4v) is 4.05. The molecule has 0 radical (unpaired) electrons. The third-order valence-corrected chi connectivity index (χ3v) is 5.52. The number of rotatable bonds is 3. The maximum Gasteiger partial charge on any atom is 0.222 e. The molecule has 4 rings (SSSR count). The molecule has 5 atom stereocenters. The van der Waals surface area contributed by atoms with Crippen molar-refractivity contribution in [2.24, 2.45) is 5.92 Å². The Morgan fingerprint density at radius 3 is 2.61 bits per heavy atom. The van der Waals surface area contributed by atoms with Crippen LogP contribution in [0.1, 0.15) is 29.8 Å². The maximum absolute atomic E-state index is 13.5. The van der Waals surface area contributed by atoms with Crippen LogP contribution < -0.4 is 5.73 Å². The summed E-state index contributed by atoms with van der Waals surface area (Å²) in [4.78, 5) is 8.34. The first kappa shape index (κ1) is 18.7. The van der Waals surface area contributed by atoms with E-state index in [1.165, 1.54) is 6.07 Å². The van der Waals surface area contributed by atoms with Gasteiger partial charge in [0.2, 0.25) is 5.95 Å². The van der Waals surface area contributed by atoms with Gasteiger partial charge in [-0.1, -0.05) is 6.07 Å². The van der Waals surface area contributed by atoms with Crippen LogP contribution in [0.15, 0.2) is 30.5 Å². The predicted octanol–water partition coefficient (Wildman–Crippen LogP) is 1.62. The van der Waals surface area contributed by atoms with Crippen LogP contribution >= 0.6 is 0 Å². The third kappa shape index (κ3) is 2.92. The molecule has 2 unspecified atom stereocenters. The first-order valence-electron chi connectivity index (χ1n) is 8.87. The van der Waals surface area contributed by atoms with Crippen molar-refractivity contribution in [2.45, 2.75) is 37.7 Å². The van der Waals surface area contributed by atoms with Crippen LogP contribution in [0.5, 0.6) is 0 Å². The second-order valence-corrected chi connectivity index (χ2v) is 7.19. The van der Waals surface area contributed by atoms with Gasteiger partial charge in [0, 0.05) is 17.5 Å². The van der Waals surface area contributed by atoms with Crippen molar-refractivity contribution in [3.63, 3.8) is 0 Å². The quantitative estimate of drug-likeness (QED) is 0.540.